The van der Waals surface area contributed by atoms with Crippen LogP contribution in [0, 0.1) is 11.8 Å². The van der Waals surface area contributed by atoms with Crippen molar-refractivity contribution in [3.05, 3.63) is 0 Å². The molecule has 2 unspecified atom stereocenters. The molecule has 0 amide bonds. The summed E-state index contributed by atoms with van der Waals surface area (Å²) in [6, 6.07) is 0. The van der Waals surface area contributed by atoms with Crippen LogP contribution in [-0.4, -0.2) is 13.1 Å². The van der Waals surface area contributed by atoms with Crippen LogP contribution in [0.3, 0.4) is 0 Å². The Balaban J connectivity index is 3.32. The Morgan fingerprint density at radius 3 is 2.23 bits per heavy atom. The third-order valence-corrected chi connectivity index (χ3v) is 2.51. The van der Waals surface area contributed by atoms with Crippen LogP contribution in [0.1, 0.15) is 53.4 Å². The van der Waals surface area contributed by atoms with Crippen LogP contribution in [0.15, 0.2) is 0 Å². The second-order valence-corrected chi connectivity index (χ2v) is 4.44. The lowest BCUT2D eigenvalue weighted by Gasteiger charge is -2.16. The van der Waals surface area contributed by atoms with Crippen molar-refractivity contribution in [3.8, 4) is 0 Å². The zero-order valence-corrected chi connectivity index (χ0v) is 9.90. The summed E-state index contributed by atoms with van der Waals surface area (Å²) >= 11 is 0. The molecule has 0 saturated carbocycles. The molecule has 1 heteroatoms. The number of rotatable bonds is 8. The highest BCUT2D eigenvalue weighted by Crippen LogP contribution is 2.15. The lowest BCUT2D eigenvalue weighted by atomic mass is 9.94. The molecule has 0 aliphatic rings. The molecule has 0 bridgehead atoms. The maximum atomic E-state index is 3.48. The van der Waals surface area contributed by atoms with Gasteiger partial charge in [-0.2, -0.15) is 0 Å². The van der Waals surface area contributed by atoms with Crippen molar-refractivity contribution in [2.75, 3.05) is 13.1 Å². The molecular formula is C12H27N. The van der Waals surface area contributed by atoms with Gasteiger partial charge in [0.15, 0.2) is 0 Å². The van der Waals surface area contributed by atoms with E-state index in [0.29, 0.717) is 0 Å². The monoisotopic (exact) mass is 185 g/mol. The summed E-state index contributed by atoms with van der Waals surface area (Å²) in [6.07, 6.45) is 5.34. The first kappa shape index (κ1) is 13.0. The van der Waals surface area contributed by atoms with Crippen molar-refractivity contribution in [1.29, 1.82) is 0 Å². The van der Waals surface area contributed by atoms with Crippen LogP contribution in [0.4, 0.5) is 0 Å². The fourth-order valence-corrected chi connectivity index (χ4v) is 1.91. The van der Waals surface area contributed by atoms with Crippen LogP contribution in [0.5, 0.6) is 0 Å². The number of hydrogen-bond acceptors (Lipinski definition) is 1. The Labute approximate surface area is 84.3 Å². The van der Waals surface area contributed by atoms with E-state index in [1.165, 1.54) is 38.8 Å². The Bertz CT molecular complexity index is 101. The van der Waals surface area contributed by atoms with Crippen molar-refractivity contribution in [2.45, 2.75) is 53.4 Å². The first-order valence-electron chi connectivity index (χ1n) is 5.91. The molecule has 0 aliphatic carbocycles. The minimum atomic E-state index is 0.841. The molecule has 0 heterocycles. The van der Waals surface area contributed by atoms with E-state index in [-0.39, 0.29) is 0 Å². The first-order valence-corrected chi connectivity index (χ1v) is 5.91. The van der Waals surface area contributed by atoms with Crippen molar-refractivity contribution >= 4 is 0 Å². The molecule has 0 rings (SSSR count). The Kier molecular flexibility index (Phi) is 8.53. The molecule has 2 atom stereocenters. The summed E-state index contributed by atoms with van der Waals surface area (Å²) in [5.41, 5.74) is 0. The molecule has 0 spiro atoms. The van der Waals surface area contributed by atoms with Gasteiger partial charge in [0.25, 0.3) is 0 Å². The average molecular weight is 185 g/mol. The van der Waals surface area contributed by atoms with Crippen LogP contribution < -0.4 is 5.32 Å². The third-order valence-electron chi connectivity index (χ3n) is 2.51. The largest absolute Gasteiger partial charge is 0.316 e. The topological polar surface area (TPSA) is 12.0 Å². The van der Waals surface area contributed by atoms with Crippen molar-refractivity contribution in [1.82, 2.24) is 5.32 Å². The minimum Gasteiger partial charge on any atom is -0.316 e. The normalized spacial score (nSPS) is 15.7. The molecule has 0 aliphatic heterocycles. The minimum absolute atomic E-state index is 0.841. The van der Waals surface area contributed by atoms with E-state index in [4.69, 9.17) is 0 Å². The highest BCUT2D eigenvalue weighted by molar-refractivity contribution is 4.61. The van der Waals surface area contributed by atoms with Crippen molar-refractivity contribution < 1.29 is 0 Å². The molecule has 0 radical (unpaired) electrons. The summed E-state index contributed by atoms with van der Waals surface area (Å²) < 4.78 is 0. The second-order valence-electron chi connectivity index (χ2n) is 4.44. The molecule has 80 valence electrons. The van der Waals surface area contributed by atoms with E-state index in [2.05, 4.69) is 33.0 Å². The van der Waals surface area contributed by atoms with Gasteiger partial charge in [-0.25, -0.2) is 0 Å². The maximum absolute atomic E-state index is 3.48. The van der Waals surface area contributed by atoms with Gasteiger partial charge in [0.2, 0.25) is 0 Å². The molecular weight excluding hydrogens is 158 g/mol. The van der Waals surface area contributed by atoms with Crippen LogP contribution in [0.2, 0.25) is 0 Å². The van der Waals surface area contributed by atoms with Gasteiger partial charge in [0.05, 0.1) is 0 Å². The smallest absolute Gasteiger partial charge is 0.00231 e. The van der Waals surface area contributed by atoms with Gasteiger partial charge < -0.3 is 5.32 Å². The highest BCUT2D eigenvalue weighted by atomic mass is 14.8. The summed E-state index contributed by atoms with van der Waals surface area (Å²) in [7, 11) is 0. The summed E-state index contributed by atoms with van der Waals surface area (Å²) in [5, 5.41) is 3.48. The summed E-state index contributed by atoms with van der Waals surface area (Å²) in [5.74, 6) is 1.75. The van der Waals surface area contributed by atoms with E-state index in [0.717, 1.165) is 11.8 Å². The summed E-state index contributed by atoms with van der Waals surface area (Å²) in [4.78, 5) is 0. The Morgan fingerprint density at radius 2 is 1.69 bits per heavy atom. The van der Waals surface area contributed by atoms with Crippen molar-refractivity contribution in [3.63, 3.8) is 0 Å². The molecule has 0 fully saturated rings. The van der Waals surface area contributed by atoms with Gasteiger partial charge >= 0.3 is 0 Å². The molecule has 13 heavy (non-hydrogen) atoms. The van der Waals surface area contributed by atoms with Gasteiger partial charge in [0.1, 0.15) is 0 Å². The average Bonchev–Trinajstić information content (AvgIpc) is 2.05. The van der Waals surface area contributed by atoms with E-state index < -0.39 is 0 Å². The number of hydrogen-bond donors (Lipinski definition) is 1. The fourth-order valence-electron chi connectivity index (χ4n) is 1.91. The fraction of sp³-hybridized carbons (Fsp3) is 1.00. The summed E-state index contributed by atoms with van der Waals surface area (Å²) in [6.45, 7) is 11.6. The van der Waals surface area contributed by atoms with Crippen molar-refractivity contribution in [2.24, 2.45) is 11.8 Å². The molecule has 0 saturated heterocycles. The van der Waals surface area contributed by atoms with Crippen LogP contribution >= 0.6 is 0 Å². The first-order chi connectivity index (χ1) is 6.20. The predicted octanol–water partition coefficient (Wildman–Crippen LogP) is 3.45. The third kappa shape index (κ3) is 8.29. The second kappa shape index (κ2) is 8.55. The quantitative estimate of drug-likeness (QED) is 0.571. The molecule has 0 aromatic carbocycles. The van der Waals surface area contributed by atoms with Gasteiger partial charge in [-0.05, 0) is 37.8 Å². The van der Waals surface area contributed by atoms with Gasteiger partial charge in [-0.1, -0.05) is 40.5 Å². The van der Waals surface area contributed by atoms with E-state index in [9.17, 15) is 0 Å². The molecule has 1 N–H and O–H groups in total. The van der Waals surface area contributed by atoms with E-state index in [1.807, 2.05) is 0 Å². The van der Waals surface area contributed by atoms with E-state index >= 15 is 0 Å². The van der Waals surface area contributed by atoms with E-state index in [1.54, 1.807) is 0 Å². The van der Waals surface area contributed by atoms with Gasteiger partial charge in [-0.3, -0.25) is 0 Å². The lowest BCUT2D eigenvalue weighted by Crippen LogP contribution is -2.23. The maximum Gasteiger partial charge on any atom is -0.00231 e. The number of nitrogens with one attached hydrogen (secondary N) is 1. The standard InChI is InChI=1S/C12H27N/c1-5-7-11(3)9-12(4)10-13-8-6-2/h11-13H,5-10H2,1-4H3. The molecule has 0 aromatic rings. The van der Waals surface area contributed by atoms with Gasteiger partial charge in [0, 0.05) is 0 Å². The predicted molar refractivity (Wildman–Crippen MR) is 61.0 cm³/mol. The molecule has 1 nitrogen and oxygen atoms in total. The zero-order chi connectivity index (χ0) is 10.1. The van der Waals surface area contributed by atoms with Crippen LogP contribution in [-0.2, 0) is 0 Å². The van der Waals surface area contributed by atoms with Crippen LogP contribution in [0.25, 0.3) is 0 Å². The SMILES string of the molecule is CCCNCC(C)CC(C)CCC. The zero-order valence-electron chi connectivity index (χ0n) is 9.90. The highest BCUT2D eigenvalue weighted by Gasteiger charge is 2.06. The van der Waals surface area contributed by atoms with Gasteiger partial charge in [-0.15, -0.1) is 0 Å². The molecule has 0 aromatic heterocycles. The Morgan fingerprint density at radius 1 is 1.00 bits per heavy atom. The Hall–Kier alpha value is -0.0400. The lowest BCUT2D eigenvalue weighted by molar-refractivity contribution is 0.377.